The lowest BCUT2D eigenvalue weighted by molar-refractivity contribution is 0.134. The van der Waals surface area contributed by atoms with Gasteiger partial charge in [0.05, 0.1) is 19.8 Å². The Hall–Kier alpha value is -2.11. The first-order valence-electron chi connectivity index (χ1n) is 7.84. The molecular weight excluding hydrogens is 290 g/mol. The summed E-state index contributed by atoms with van der Waals surface area (Å²) in [6.45, 7) is 3.74. The smallest absolute Gasteiger partial charge is 0.128 e. The quantitative estimate of drug-likeness (QED) is 0.852. The number of rotatable bonds is 7. The van der Waals surface area contributed by atoms with E-state index in [2.05, 4.69) is 39.5 Å². The van der Waals surface area contributed by atoms with Crippen LogP contribution in [0.2, 0.25) is 0 Å². The lowest BCUT2D eigenvalue weighted by atomic mass is 10.1. The van der Waals surface area contributed by atoms with E-state index in [0.717, 1.165) is 43.4 Å². The molecule has 1 N–H and O–H groups in total. The molecule has 5 nitrogen and oxygen atoms in total. The number of aromatic nitrogens is 1. The molecule has 23 heavy (non-hydrogen) atoms. The molecule has 0 fully saturated rings. The number of ether oxygens (including phenoxy) is 2. The number of hydrogen-bond acceptors (Lipinski definition) is 5. The van der Waals surface area contributed by atoms with E-state index >= 15 is 0 Å². The molecule has 0 bridgehead atoms. The maximum atomic E-state index is 5.44. The number of hydrogen-bond donors (Lipinski definition) is 1. The van der Waals surface area contributed by atoms with E-state index in [1.807, 2.05) is 19.3 Å². The van der Waals surface area contributed by atoms with Gasteiger partial charge in [0.15, 0.2) is 0 Å². The van der Waals surface area contributed by atoms with Gasteiger partial charge in [-0.2, -0.15) is 0 Å². The molecule has 0 spiro atoms. The molecule has 0 aliphatic carbocycles. The number of methoxy groups -OCH3 is 1. The van der Waals surface area contributed by atoms with Crippen molar-refractivity contribution < 1.29 is 9.47 Å². The van der Waals surface area contributed by atoms with Gasteiger partial charge in [0, 0.05) is 39.1 Å². The lowest BCUT2D eigenvalue weighted by Crippen LogP contribution is -2.22. The Morgan fingerprint density at radius 3 is 2.87 bits per heavy atom. The number of anilines is 2. The molecule has 2 heterocycles. The van der Waals surface area contributed by atoms with Crippen molar-refractivity contribution in [3.63, 3.8) is 0 Å². The first-order valence-corrected chi connectivity index (χ1v) is 7.84. The molecule has 0 unspecified atom stereocenters. The Balaban J connectivity index is 1.56. The van der Waals surface area contributed by atoms with E-state index in [9.17, 15) is 0 Å². The van der Waals surface area contributed by atoms with Crippen LogP contribution in [0.15, 0.2) is 36.5 Å². The van der Waals surface area contributed by atoms with Crippen molar-refractivity contribution in [2.75, 3.05) is 37.5 Å². The second-order valence-electron chi connectivity index (χ2n) is 5.77. The van der Waals surface area contributed by atoms with Gasteiger partial charge in [0.1, 0.15) is 5.82 Å². The van der Waals surface area contributed by atoms with Gasteiger partial charge in [-0.1, -0.05) is 12.1 Å². The van der Waals surface area contributed by atoms with Crippen molar-refractivity contribution >= 4 is 11.5 Å². The molecule has 5 heteroatoms. The molecule has 3 rings (SSSR count). The topological polar surface area (TPSA) is 46.6 Å². The number of nitrogens with zero attached hydrogens (tertiary/aromatic N) is 2. The summed E-state index contributed by atoms with van der Waals surface area (Å²) in [7, 11) is 3.73. The van der Waals surface area contributed by atoms with Crippen molar-refractivity contribution in [1.29, 1.82) is 0 Å². The number of benzene rings is 1. The summed E-state index contributed by atoms with van der Waals surface area (Å²) in [5, 5.41) is 3.44. The highest BCUT2D eigenvalue weighted by molar-refractivity contribution is 5.50. The standard InChI is InChI=1S/C18H23N3O2/c1-21(7-8-22-2)18-6-3-14(11-20-18)10-19-17-5-4-15-12-23-13-16(15)9-17/h3-6,9,11,19H,7-8,10,12-13H2,1-2H3. The Morgan fingerprint density at radius 2 is 2.09 bits per heavy atom. The minimum absolute atomic E-state index is 0.698. The monoisotopic (exact) mass is 313 g/mol. The predicted octanol–water partition coefficient (Wildman–Crippen LogP) is 2.81. The first-order chi connectivity index (χ1) is 11.3. The molecule has 122 valence electrons. The predicted molar refractivity (Wildman–Crippen MR) is 91.6 cm³/mol. The highest BCUT2D eigenvalue weighted by atomic mass is 16.5. The molecule has 0 saturated heterocycles. The van der Waals surface area contributed by atoms with E-state index in [1.165, 1.54) is 11.1 Å². The minimum Gasteiger partial charge on any atom is -0.383 e. The van der Waals surface area contributed by atoms with E-state index in [4.69, 9.17) is 9.47 Å². The summed E-state index contributed by atoms with van der Waals surface area (Å²) >= 11 is 0. The average Bonchev–Trinajstić information content (AvgIpc) is 3.06. The fraction of sp³-hybridized carbons (Fsp3) is 0.389. The van der Waals surface area contributed by atoms with Gasteiger partial charge in [-0.25, -0.2) is 4.98 Å². The van der Waals surface area contributed by atoms with Crippen LogP contribution in [0.4, 0.5) is 11.5 Å². The molecule has 1 aliphatic heterocycles. The molecule has 0 atom stereocenters. The normalized spacial score (nSPS) is 13.0. The van der Waals surface area contributed by atoms with Crippen LogP contribution < -0.4 is 10.2 Å². The average molecular weight is 313 g/mol. The van der Waals surface area contributed by atoms with E-state index in [0.29, 0.717) is 6.61 Å². The SMILES string of the molecule is COCCN(C)c1ccc(CNc2ccc3c(c2)COC3)cn1. The Labute approximate surface area is 137 Å². The van der Waals surface area contributed by atoms with E-state index in [-0.39, 0.29) is 0 Å². The minimum atomic E-state index is 0.698. The van der Waals surface area contributed by atoms with Crippen LogP contribution in [0.3, 0.4) is 0 Å². The molecule has 2 aromatic rings. The third-order valence-corrected chi connectivity index (χ3v) is 4.05. The molecule has 0 amide bonds. The summed E-state index contributed by atoms with van der Waals surface area (Å²) in [6.07, 6.45) is 1.92. The van der Waals surface area contributed by atoms with Gasteiger partial charge in [-0.15, -0.1) is 0 Å². The molecule has 1 aromatic carbocycles. The van der Waals surface area contributed by atoms with Crippen molar-refractivity contribution in [3.05, 3.63) is 53.2 Å². The Kier molecular flexibility index (Phi) is 5.10. The highest BCUT2D eigenvalue weighted by Crippen LogP contribution is 2.23. The van der Waals surface area contributed by atoms with Gasteiger partial charge in [0.25, 0.3) is 0 Å². The summed E-state index contributed by atoms with van der Waals surface area (Å²) in [5.41, 5.74) is 4.85. The number of likely N-dealkylation sites (N-methyl/N-ethyl adjacent to an activating group) is 1. The van der Waals surface area contributed by atoms with Gasteiger partial charge >= 0.3 is 0 Å². The summed E-state index contributed by atoms with van der Waals surface area (Å²) in [6, 6.07) is 10.6. The van der Waals surface area contributed by atoms with Gasteiger partial charge in [-0.05, 0) is 34.9 Å². The number of pyridine rings is 1. The van der Waals surface area contributed by atoms with Crippen LogP contribution in [-0.2, 0) is 29.2 Å². The van der Waals surface area contributed by atoms with E-state index < -0.39 is 0 Å². The number of nitrogens with one attached hydrogen (secondary N) is 1. The lowest BCUT2D eigenvalue weighted by Gasteiger charge is -2.17. The van der Waals surface area contributed by atoms with E-state index in [1.54, 1.807) is 7.11 Å². The van der Waals surface area contributed by atoms with Gasteiger partial charge < -0.3 is 19.7 Å². The molecule has 1 aliphatic rings. The van der Waals surface area contributed by atoms with Crippen LogP contribution in [0.5, 0.6) is 0 Å². The van der Waals surface area contributed by atoms with Gasteiger partial charge in [-0.3, -0.25) is 0 Å². The largest absolute Gasteiger partial charge is 0.383 e. The number of fused-ring (bicyclic) bond motifs is 1. The van der Waals surface area contributed by atoms with Crippen molar-refractivity contribution in [3.8, 4) is 0 Å². The second kappa shape index (κ2) is 7.44. The zero-order valence-corrected chi connectivity index (χ0v) is 13.7. The van der Waals surface area contributed by atoms with Gasteiger partial charge in [0.2, 0.25) is 0 Å². The molecule has 0 saturated carbocycles. The maximum absolute atomic E-state index is 5.44. The highest BCUT2D eigenvalue weighted by Gasteiger charge is 2.11. The second-order valence-corrected chi connectivity index (χ2v) is 5.77. The van der Waals surface area contributed by atoms with Crippen LogP contribution >= 0.6 is 0 Å². The first kappa shape index (κ1) is 15.8. The van der Waals surface area contributed by atoms with Crippen LogP contribution in [0.25, 0.3) is 0 Å². The van der Waals surface area contributed by atoms with Crippen LogP contribution in [-0.4, -0.2) is 32.3 Å². The summed E-state index contributed by atoms with van der Waals surface area (Å²) in [5.74, 6) is 0.959. The summed E-state index contributed by atoms with van der Waals surface area (Å²) < 4.78 is 10.5. The van der Waals surface area contributed by atoms with Crippen LogP contribution in [0, 0.1) is 0 Å². The maximum Gasteiger partial charge on any atom is 0.128 e. The van der Waals surface area contributed by atoms with Crippen LogP contribution in [0.1, 0.15) is 16.7 Å². The van der Waals surface area contributed by atoms with Crippen molar-refractivity contribution in [1.82, 2.24) is 4.98 Å². The zero-order chi connectivity index (χ0) is 16.1. The van der Waals surface area contributed by atoms with Crippen molar-refractivity contribution in [2.45, 2.75) is 19.8 Å². The molecular formula is C18H23N3O2. The summed E-state index contributed by atoms with van der Waals surface area (Å²) in [4.78, 5) is 6.60. The molecule has 1 aromatic heterocycles. The third-order valence-electron chi connectivity index (χ3n) is 4.05. The molecule has 0 radical (unpaired) electrons. The third kappa shape index (κ3) is 4.00. The Morgan fingerprint density at radius 1 is 1.22 bits per heavy atom. The van der Waals surface area contributed by atoms with Crippen molar-refractivity contribution in [2.24, 2.45) is 0 Å². The fourth-order valence-corrected chi connectivity index (χ4v) is 2.58. The fourth-order valence-electron chi connectivity index (χ4n) is 2.58. The Bertz CT molecular complexity index is 643. The zero-order valence-electron chi connectivity index (χ0n) is 13.7.